The van der Waals surface area contributed by atoms with Gasteiger partial charge in [0.05, 0.1) is 11.7 Å². The van der Waals surface area contributed by atoms with Crippen LogP contribution in [-0.4, -0.2) is 29.0 Å². The fraction of sp³-hybridized carbons (Fsp3) is 0.278. The topological polar surface area (TPSA) is 78.8 Å². The van der Waals surface area contributed by atoms with E-state index in [0.29, 0.717) is 12.1 Å². The number of hydrogen-bond acceptors (Lipinski definition) is 4. The van der Waals surface area contributed by atoms with Gasteiger partial charge in [0, 0.05) is 6.54 Å². The van der Waals surface area contributed by atoms with Crippen LogP contribution in [0.1, 0.15) is 23.7 Å². The fourth-order valence-electron chi connectivity index (χ4n) is 2.26. The van der Waals surface area contributed by atoms with E-state index in [0.717, 1.165) is 5.56 Å². The monoisotopic (exact) mass is 369 g/mol. The zero-order valence-electron chi connectivity index (χ0n) is 13.7. The van der Waals surface area contributed by atoms with E-state index in [-0.39, 0.29) is 19.6 Å². The Labute approximate surface area is 148 Å². The van der Waals surface area contributed by atoms with Crippen molar-refractivity contribution in [1.29, 1.82) is 0 Å². The van der Waals surface area contributed by atoms with Crippen molar-refractivity contribution < 1.29 is 32.9 Å². The second kappa shape index (κ2) is 9.21. The highest BCUT2D eigenvalue weighted by Crippen LogP contribution is 2.26. The van der Waals surface area contributed by atoms with Crippen molar-refractivity contribution in [2.75, 3.05) is 6.54 Å². The Morgan fingerprint density at radius 1 is 1.04 bits per heavy atom. The van der Waals surface area contributed by atoms with Crippen molar-refractivity contribution in [2.24, 2.45) is 0 Å². The first-order chi connectivity index (χ1) is 12.4. The molecular weight excluding hydrogens is 351 g/mol. The zero-order chi connectivity index (χ0) is 19.1. The Bertz CT molecular complexity index is 743. The molecule has 0 aliphatic carbocycles. The van der Waals surface area contributed by atoms with E-state index in [1.54, 1.807) is 24.3 Å². The van der Waals surface area contributed by atoms with Crippen LogP contribution in [0.25, 0.3) is 0 Å². The van der Waals surface area contributed by atoms with E-state index >= 15 is 0 Å². The fourth-order valence-corrected chi connectivity index (χ4v) is 2.26. The molecule has 0 aromatic heterocycles. The van der Waals surface area contributed by atoms with Gasteiger partial charge in [-0.2, -0.15) is 0 Å². The number of rotatable bonds is 7. The van der Waals surface area contributed by atoms with Crippen molar-refractivity contribution in [2.45, 2.75) is 25.2 Å². The number of aliphatic hydroxyl groups is 2. The molecule has 2 aromatic rings. The quantitative estimate of drug-likeness (QED) is 0.656. The molecule has 0 saturated heterocycles. The van der Waals surface area contributed by atoms with Gasteiger partial charge in [0.25, 0.3) is 0 Å². The molecule has 0 heterocycles. The minimum Gasteiger partial charge on any atom is -0.445 e. The molecule has 2 unspecified atom stereocenters. The molecule has 5 nitrogen and oxygen atoms in total. The Hall–Kier alpha value is -2.58. The Morgan fingerprint density at radius 3 is 2.38 bits per heavy atom. The highest BCUT2D eigenvalue weighted by atomic mass is 19.2. The van der Waals surface area contributed by atoms with Crippen molar-refractivity contribution in [3.05, 3.63) is 71.0 Å². The van der Waals surface area contributed by atoms with Crippen molar-refractivity contribution in [1.82, 2.24) is 5.32 Å². The number of amides is 1. The molecule has 0 bridgehead atoms. The number of nitrogens with one attached hydrogen (secondary N) is 1. The molecule has 1 amide bonds. The first-order valence-electron chi connectivity index (χ1n) is 7.84. The lowest BCUT2D eigenvalue weighted by Gasteiger charge is -2.19. The lowest BCUT2D eigenvalue weighted by molar-refractivity contribution is 0.00905. The molecule has 0 fully saturated rings. The summed E-state index contributed by atoms with van der Waals surface area (Å²) in [7, 11) is 0. The largest absolute Gasteiger partial charge is 0.445 e. The Balaban J connectivity index is 1.80. The lowest BCUT2D eigenvalue weighted by Crippen LogP contribution is -2.30. The molecule has 3 N–H and O–H groups in total. The third kappa shape index (κ3) is 5.21. The van der Waals surface area contributed by atoms with Gasteiger partial charge in [0.1, 0.15) is 18.5 Å². The van der Waals surface area contributed by atoms with Crippen LogP contribution in [0.15, 0.2) is 42.5 Å². The molecule has 0 aliphatic heterocycles. The van der Waals surface area contributed by atoms with Gasteiger partial charge in [-0.25, -0.2) is 18.0 Å². The molecule has 8 heteroatoms. The molecule has 26 heavy (non-hydrogen) atoms. The van der Waals surface area contributed by atoms with Crippen molar-refractivity contribution in [3.8, 4) is 0 Å². The number of benzene rings is 2. The first kappa shape index (κ1) is 19.7. The highest BCUT2D eigenvalue weighted by molar-refractivity contribution is 5.67. The Kier molecular flexibility index (Phi) is 6.99. The van der Waals surface area contributed by atoms with E-state index in [1.165, 1.54) is 0 Å². The summed E-state index contributed by atoms with van der Waals surface area (Å²) in [6.45, 7) is -0.0675. The highest BCUT2D eigenvalue weighted by Gasteiger charge is 2.27. The maximum atomic E-state index is 13.6. The molecule has 2 aromatic carbocycles. The number of ether oxygens (including phenoxy) is 1. The van der Waals surface area contributed by atoms with E-state index in [9.17, 15) is 28.2 Å². The maximum Gasteiger partial charge on any atom is 0.407 e. The summed E-state index contributed by atoms with van der Waals surface area (Å²) in [5, 5.41) is 22.0. The summed E-state index contributed by atoms with van der Waals surface area (Å²) in [5.74, 6) is -4.08. The molecule has 0 saturated carbocycles. The number of aliphatic hydroxyl groups excluding tert-OH is 2. The molecular formula is C18H18F3NO4. The van der Waals surface area contributed by atoms with Crippen LogP contribution < -0.4 is 5.32 Å². The summed E-state index contributed by atoms with van der Waals surface area (Å²) in [4.78, 5) is 11.5. The van der Waals surface area contributed by atoms with Crippen LogP contribution in [-0.2, 0) is 11.3 Å². The van der Waals surface area contributed by atoms with Crippen LogP contribution in [0.2, 0.25) is 0 Å². The number of carbonyl (C=O) groups is 1. The van der Waals surface area contributed by atoms with Gasteiger partial charge < -0.3 is 20.3 Å². The predicted molar refractivity (Wildman–Crippen MR) is 86.5 cm³/mol. The summed E-state index contributed by atoms with van der Waals surface area (Å²) >= 11 is 0. The predicted octanol–water partition coefficient (Wildman–Crippen LogP) is 2.81. The van der Waals surface area contributed by atoms with E-state index in [1.807, 2.05) is 6.07 Å². The number of alkyl carbamates (subject to hydrolysis) is 1. The third-order valence-corrected chi connectivity index (χ3v) is 3.66. The SMILES string of the molecule is O=C(NCCC(O)C(O)c1c(F)ccc(F)c1F)OCc1ccccc1. The second-order valence-corrected chi connectivity index (χ2v) is 5.55. The molecule has 140 valence electrons. The number of halogens is 3. The molecule has 0 spiro atoms. The van der Waals surface area contributed by atoms with E-state index in [2.05, 4.69) is 5.32 Å². The minimum absolute atomic E-state index is 0.0531. The van der Waals surface area contributed by atoms with Gasteiger partial charge in [0.2, 0.25) is 0 Å². The average molecular weight is 369 g/mol. The van der Waals surface area contributed by atoms with Crippen LogP contribution in [0.5, 0.6) is 0 Å². The lowest BCUT2D eigenvalue weighted by atomic mass is 10.0. The van der Waals surface area contributed by atoms with Crippen LogP contribution in [0, 0.1) is 17.5 Å². The molecule has 2 atom stereocenters. The van der Waals surface area contributed by atoms with Gasteiger partial charge >= 0.3 is 6.09 Å². The summed E-state index contributed by atoms with van der Waals surface area (Å²) in [5.41, 5.74) is -0.167. The summed E-state index contributed by atoms with van der Waals surface area (Å²) in [6.07, 6.45) is -4.57. The van der Waals surface area contributed by atoms with Gasteiger partial charge in [-0.15, -0.1) is 0 Å². The third-order valence-electron chi connectivity index (χ3n) is 3.66. The first-order valence-corrected chi connectivity index (χ1v) is 7.84. The average Bonchev–Trinajstić information content (AvgIpc) is 2.64. The van der Waals surface area contributed by atoms with E-state index < -0.39 is 41.3 Å². The van der Waals surface area contributed by atoms with Gasteiger partial charge in [-0.1, -0.05) is 30.3 Å². The summed E-state index contributed by atoms with van der Waals surface area (Å²) < 4.78 is 45.3. The Morgan fingerprint density at radius 2 is 1.69 bits per heavy atom. The number of carbonyl (C=O) groups excluding carboxylic acids is 1. The minimum atomic E-state index is -1.98. The van der Waals surface area contributed by atoms with E-state index in [4.69, 9.17) is 4.74 Å². The maximum absolute atomic E-state index is 13.6. The molecule has 0 aliphatic rings. The normalized spacial score (nSPS) is 13.1. The second-order valence-electron chi connectivity index (χ2n) is 5.55. The molecule has 2 rings (SSSR count). The smallest absolute Gasteiger partial charge is 0.407 e. The van der Waals surface area contributed by atoms with Gasteiger partial charge in [0.15, 0.2) is 11.6 Å². The summed E-state index contributed by atoms with van der Waals surface area (Å²) in [6, 6.07) is 10.2. The van der Waals surface area contributed by atoms with Crippen molar-refractivity contribution >= 4 is 6.09 Å². The van der Waals surface area contributed by atoms with Gasteiger partial charge in [-0.05, 0) is 24.1 Å². The zero-order valence-corrected chi connectivity index (χ0v) is 13.7. The molecule has 0 radical (unpaired) electrons. The van der Waals surface area contributed by atoms with Crippen LogP contribution in [0.4, 0.5) is 18.0 Å². The van der Waals surface area contributed by atoms with Crippen LogP contribution in [0.3, 0.4) is 0 Å². The number of hydrogen-bond donors (Lipinski definition) is 3. The van der Waals surface area contributed by atoms with Gasteiger partial charge in [-0.3, -0.25) is 0 Å². The standard InChI is InChI=1S/C18H18F3NO4/c19-12-6-7-13(20)16(21)15(12)17(24)14(23)8-9-22-18(25)26-10-11-4-2-1-3-5-11/h1-7,14,17,23-24H,8-10H2,(H,22,25). The van der Waals surface area contributed by atoms with Crippen molar-refractivity contribution in [3.63, 3.8) is 0 Å². The van der Waals surface area contributed by atoms with Crippen LogP contribution >= 0.6 is 0 Å².